The number of aromatic nitrogens is 1. The highest BCUT2D eigenvalue weighted by molar-refractivity contribution is 6.30. The van der Waals surface area contributed by atoms with Gasteiger partial charge in [-0.2, -0.15) is 0 Å². The van der Waals surface area contributed by atoms with E-state index >= 15 is 0 Å². The molecule has 1 fully saturated rings. The van der Waals surface area contributed by atoms with Crippen LogP contribution in [-0.2, 0) is 23.6 Å². The van der Waals surface area contributed by atoms with Crippen LogP contribution in [0.2, 0.25) is 5.02 Å². The zero-order chi connectivity index (χ0) is 25.1. The van der Waals surface area contributed by atoms with Gasteiger partial charge in [0.05, 0.1) is 24.0 Å². The normalized spacial score (nSPS) is 19.0. The van der Waals surface area contributed by atoms with Crippen molar-refractivity contribution < 1.29 is 14.6 Å². The summed E-state index contributed by atoms with van der Waals surface area (Å²) in [4.78, 5) is 7.05. The highest BCUT2D eigenvalue weighted by Gasteiger charge is 2.25. The van der Waals surface area contributed by atoms with Crippen LogP contribution >= 0.6 is 11.6 Å². The van der Waals surface area contributed by atoms with Crippen LogP contribution in [0.5, 0.6) is 5.75 Å². The van der Waals surface area contributed by atoms with Gasteiger partial charge in [-0.05, 0) is 73.7 Å². The predicted octanol–water partition coefficient (Wildman–Crippen LogP) is 5.97. The molecule has 1 atom stereocenters. The third kappa shape index (κ3) is 5.81. The Morgan fingerprint density at radius 2 is 2.00 bits per heavy atom. The van der Waals surface area contributed by atoms with Gasteiger partial charge < -0.3 is 19.5 Å². The lowest BCUT2D eigenvalue weighted by Gasteiger charge is -2.20. The Hall–Kier alpha value is -2.70. The van der Waals surface area contributed by atoms with Crippen molar-refractivity contribution in [1.82, 2.24) is 9.88 Å². The summed E-state index contributed by atoms with van der Waals surface area (Å²) in [6.07, 6.45) is 6.30. The molecule has 0 amide bonds. The number of rotatable bonds is 7. The number of likely N-dealkylation sites (tertiary alicyclic amines) is 1. The molecule has 5 nitrogen and oxygen atoms in total. The maximum Gasteiger partial charge on any atom is 0.131 e. The number of halogens is 1. The molecule has 1 unspecified atom stereocenters. The Morgan fingerprint density at radius 1 is 1.17 bits per heavy atom. The van der Waals surface area contributed by atoms with Gasteiger partial charge >= 0.3 is 0 Å². The van der Waals surface area contributed by atoms with Crippen LogP contribution in [0.4, 0.5) is 0 Å². The lowest BCUT2D eigenvalue weighted by molar-refractivity contribution is 0.0468. The first-order valence-corrected chi connectivity index (χ1v) is 13.0. The molecule has 6 heteroatoms. The van der Waals surface area contributed by atoms with E-state index in [1.807, 2.05) is 62.5 Å². The Labute approximate surface area is 218 Å². The summed E-state index contributed by atoms with van der Waals surface area (Å²) in [6, 6.07) is 17.9. The van der Waals surface area contributed by atoms with Crippen LogP contribution in [0.1, 0.15) is 54.6 Å². The van der Waals surface area contributed by atoms with Crippen LogP contribution in [0, 0.1) is 0 Å². The van der Waals surface area contributed by atoms with E-state index in [2.05, 4.69) is 28.1 Å². The standard InChI is InChI=1S/C30H33ClN2O3/c1-30(2,34)22-9-12-29-27(17-22)25(26-5-3-14-32-28(26)20-36-29)6-4-15-33-16-13-24(18-33)35-19-21-7-10-23(31)11-8-21/h3,5-12,14,17,24,34H,4,13,15-16,18-20H2,1-2H3/b25-6-. The molecule has 1 aromatic heterocycles. The molecule has 0 saturated carbocycles. The number of benzene rings is 2. The second-order valence-corrected chi connectivity index (χ2v) is 10.5. The maximum atomic E-state index is 10.6. The van der Waals surface area contributed by atoms with E-state index in [-0.39, 0.29) is 6.10 Å². The summed E-state index contributed by atoms with van der Waals surface area (Å²) in [5, 5.41) is 11.4. The predicted molar refractivity (Wildman–Crippen MR) is 143 cm³/mol. The topological polar surface area (TPSA) is 54.8 Å². The van der Waals surface area contributed by atoms with E-state index in [0.29, 0.717) is 13.2 Å². The number of nitrogens with zero attached hydrogens (tertiary/aromatic N) is 2. The first-order valence-electron chi connectivity index (χ1n) is 12.6. The SMILES string of the molecule is CC(C)(O)c1ccc2c(c1)/C(=C\CCN1CCC(OCc3ccc(Cl)cc3)C1)c1cccnc1CO2. The fourth-order valence-corrected chi connectivity index (χ4v) is 5.00. The van der Waals surface area contributed by atoms with Gasteiger partial charge in [0.15, 0.2) is 0 Å². The molecule has 188 valence electrons. The average Bonchev–Trinajstić information content (AvgIpc) is 3.26. The fraction of sp³-hybridized carbons (Fsp3) is 0.367. The Morgan fingerprint density at radius 3 is 2.81 bits per heavy atom. The summed E-state index contributed by atoms with van der Waals surface area (Å²) in [5.74, 6) is 0.823. The van der Waals surface area contributed by atoms with E-state index in [1.165, 1.54) is 0 Å². The molecule has 0 spiro atoms. The van der Waals surface area contributed by atoms with Crippen molar-refractivity contribution in [2.75, 3.05) is 19.6 Å². The fourth-order valence-electron chi connectivity index (χ4n) is 4.88. The molecule has 3 aromatic rings. The van der Waals surface area contributed by atoms with Gasteiger partial charge in [0.2, 0.25) is 0 Å². The minimum atomic E-state index is -0.930. The third-order valence-electron chi connectivity index (χ3n) is 6.94. The maximum absolute atomic E-state index is 10.6. The van der Waals surface area contributed by atoms with Crippen molar-refractivity contribution in [3.05, 3.63) is 99.8 Å². The van der Waals surface area contributed by atoms with Gasteiger partial charge in [-0.15, -0.1) is 0 Å². The van der Waals surface area contributed by atoms with Crippen molar-refractivity contribution >= 4 is 17.2 Å². The molecule has 1 saturated heterocycles. The summed E-state index contributed by atoms with van der Waals surface area (Å²) < 4.78 is 12.3. The number of ether oxygens (including phenoxy) is 2. The molecule has 0 radical (unpaired) electrons. The number of pyridine rings is 1. The van der Waals surface area contributed by atoms with Crippen molar-refractivity contribution in [3.8, 4) is 5.75 Å². The van der Waals surface area contributed by atoms with Crippen LogP contribution in [0.3, 0.4) is 0 Å². The summed E-state index contributed by atoms with van der Waals surface area (Å²) in [7, 11) is 0. The lowest BCUT2D eigenvalue weighted by Crippen LogP contribution is -2.24. The van der Waals surface area contributed by atoms with E-state index in [1.54, 1.807) is 0 Å². The number of fused-ring (bicyclic) bond motifs is 2. The first-order chi connectivity index (χ1) is 17.4. The quantitative estimate of drug-likeness (QED) is 0.429. The molecule has 5 rings (SSSR count). The molecule has 0 bridgehead atoms. The molecular weight excluding hydrogens is 472 g/mol. The van der Waals surface area contributed by atoms with Gasteiger partial charge in [0.25, 0.3) is 0 Å². The second kappa shape index (κ2) is 10.7. The largest absolute Gasteiger partial charge is 0.487 e. The van der Waals surface area contributed by atoms with E-state index in [4.69, 9.17) is 21.1 Å². The van der Waals surface area contributed by atoms with Crippen LogP contribution in [-0.4, -0.2) is 40.7 Å². The smallest absolute Gasteiger partial charge is 0.131 e. The monoisotopic (exact) mass is 504 g/mol. The van der Waals surface area contributed by atoms with Gasteiger partial charge in [-0.1, -0.05) is 41.9 Å². The Kier molecular flexibility index (Phi) is 7.44. The average molecular weight is 505 g/mol. The van der Waals surface area contributed by atoms with Gasteiger partial charge in [-0.25, -0.2) is 0 Å². The summed E-state index contributed by atoms with van der Waals surface area (Å²) in [5.41, 5.74) is 5.23. The van der Waals surface area contributed by atoms with Crippen LogP contribution in [0.25, 0.3) is 5.57 Å². The number of aliphatic hydroxyl groups is 1. The van der Waals surface area contributed by atoms with Crippen molar-refractivity contribution in [2.45, 2.75) is 51.6 Å². The molecule has 2 aliphatic heterocycles. The third-order valence-corrected chi connectivity index (χ3v) is 7.19. The van der Waals surface area contributed by atoms with E-state index in [9.17, 15) is 5.11 Å². The minimum Gasteiger partial charge on any atom is -0.487 e. The highest BCUT2D eigenvalue weighted by Crippen LogP contribution is 2.38. The molecule has 2 aromatic carbocycles. The first kappa shape index (κ1) is 25.0. The van der Waals surface area contributed by atoms with Crippen molar-refractivity contribution in [2.24, 2.45) is 0 Å². The van der Waals surface area contributed by atoms with E-state index in [0.717, 1.165) is 76.8 Å². The summed E-state index contributed by atoms with van der Waals surface area (Å²) in [6.45, 7) is 7.60. The van der Waals surface area contributed by atoms with Gasteiger partial charge in [0.1, 0.15) is 12.4 Å². The van der Waals surface area contributed by atoms with Gasteiger partial charge in [0, 0.05) is 42.0 Å². The zero-order valence-corrected chi connectivity index (χ0v) is 21.7. The number of hydrogen-bond acceptors (Lipinski definition) is 5. The molecule has 2 aliphatic rings. The van der Waals surface area contributed by atoms with Crippen LogP contribution in [0.15, 0.2) is 66.9 Å². The van der Waals surface area contributed by atoms with Gasteiger partial charge in [-0.3, -0.25) is 4.98 Å². The zero-order valence-electron chi connectivity index (χ0n) is 20.9. The lowest BCUT2D eigenvalue weighted by atomic mass is 9.90. The number of hydrogen-bond donors (Lipinski definition) is 1. The summed E-state index contributed by atoms with van der Waals surface area (Å²) >= 11 is 5.98. The minimum absolute atomic E-state index is 0.250. The Bertz CT molecular complexity index is 1230. The van der Waals surface area contributed by atoms with Crippen molar-refractivity contribution in [3.63, 3.8) is 0 Å². The highest BCUT2D eigenvalue weighted by atomic mass is 35.5. The van der Waals surface area contributed by atoms with Crippen LogP contribution < -0.4 is 4.74 Å². The molecular formula is C30H33ClN2O3. The van der Waals surface area contributed by atoms with E-state index < -0.39 is 5.60 Å². The van der Waals surface area contributed by atoms with Crippen molar-refractivity contribution in [1.29, 1.82) is 0 Å². The molecule has 3 heterocycles. The molecule has 0 aliphatic carbocycles. The Balaban J connectivity index is 1.28. The molecule has 36 heavy (non-hydrogen) atoms. The second-order valence-electron chi connectivity index (χ2n) is 10.1. The molecule has 1 N–H and O–H groups in total.